The molecule has 8 heterocycles. The Labute approximate surface area is 570 Å². The molecule has 22 rings (SSSR count). The molecular weight excluding hydrogens is 1230 g/mol. The van der Waals surface area contributed by atoms with Crippen molar-refractivity contribution < 1.29 is 8.83 Å². The highest BCUT2D eigenvalue weighted by molar-refractivity contribution is 6.40. The number of halogens is 1. The molecule has 8 nitrogen and oxygen atoms in total. The first kappa shape index (κ1) is 56.3. The van der Waals surface area contributed by atoms with Crippen LogP contribution in [0.5, 0.6) is 0 Å². The van der Waals surface area contributed by atoms with Gasteiger partial charge >= 0.3 is 0 Å². The highest BCUT2D eigenvalue weighted by Gasteiger charge is 2.24. The lowest BCUT2D eigenvalue weighted by Crippen LogP contribution is -1.97. The molecule has 9 heteroatoms. The molecule has 0 amide bonds. The fourth-order valence-corrected chi connectivity index (χ4v) is 15.6. The van der Waals surface area contributed by atoms with Gasteiger partial charge in [0.2, 0.25) is 0 Å². The maximum Gasteiger partial charge on any atom is 0.178 e. The Hall–Kier alpha value is -13.0. The summed E-state index contributed by atoms with van der Waals surface area (Å²) in [4.78, 5) is 13.3. The SMILES string of the molecule is Clc1c2ccccc2nc2c1oc1ccccc12.c1ccc(-n2c3ccccc3c3cc(-c4ccc5[nH]c6ccccc6c5c4)ccc32)cc1.c1ccc(-n2c3ccccc3c3cc(-c4ccc5c(c4)c4ccccc4n5-c4c5ccccc5nc5c4oc4ccccc45)ccc32)cc1. The van der Waals surface area contributed by atoms with Gasteiger partial charge in [-0.15, -0.1) is 0 Å². The zero-order valence-electron chi connectivity index (χ0n) is 53.1. The van der Waals surface area contributed by atoms with Gasteiger partial charge in [0.1, 0.15) is 27.9 Å². The summed E-state index contributed by atoms with van der Waals surface area (Å²) in [6, 6.07) is 115. The predicted octanol–water partition coefficient (Wildman–Crippen LogP) is 24.9. The number of hydrogen-bond donors (Lipinski definition) is 1. The number of nitrogens with one attached hydrogen (secondary N) is 1. The summed E-state index contributed by atoms with van der Waals surface area (Å²) >= 11 is 6.41. The molecule has 99 heavy (non-hydrogen) atoms. The van der Waals surface area contributed by atoms with Crippen molar-refractivity contribution in [1.29, 1.82) is 0 Å². The smallest absolute Gasteiger partial charge is 0.178 e. The van der Waals surface area contributed by atoms with E-state index < -0.39 is 0 Å². The number of hydrogen-bond acceptors (Lipinski definition) is 4. The fourth-order valence-electron chi connectivity index (χ4n) is 15.3. The van der Waals surface area contributed by atoms with E-state index in [4.69, 9.17) is 25.4 Å². The first-order valence-corrected chi connectivity index (χ1v) is 33.7. The number of fused-ring (bicyclic) bond motifs is 20. The Kier molecular flexibility index (Phi) is 12.8. The van der Waals surface area contributed by atoms with Crippen molar-refractivity contribution in [3.05, 3.63) is 333 Å². The third-order valence-corrected chi connectivity index (χ3v) is 20.1. The number of para-hydroxylation sites is 10. The van der Waals surface area contributed by atoms with Gasteiger partial charge in [-0.3, -0.25) is 0 Å². The van der Waals surface area contributed by atoms with E-state index in [0.717, 1.165) is 82.8 Å². The first-order valence-electron chi connectivity index (χ1n) is 33.3. The molecule has 0 unspecified atom stereocenters. The lowest BCUT2D eigenvalue weighted by Gasteiger charge is -2.12. The Morgan fingerprint density at radius 1 is 0.263 bits per heavy atom. The zero-order valence-corrected chi connectivity index (χ0v) is 53.9. The van der Waals surface area contributed by atoms with Crippen LogP contribution in [-0.2, 0) is 0 Å². The molecule has 0 aliphatic heterocycles. The number of rotatable bonds is 5. The monoisotopic (exact) mass is 1290 g/mol. The largest absolute Gasteiger partial charge is 0.453 e. The minimum absolute atomic E-state index is 0.631. The number of benzene rings is 14. The maximum absolute atomic E-state index is 6.63. The number of H-pyrrole nitrogens is 1. The van der Waals surface area contributed by atoms with Gasteiger partial charge in [-0.25, -0.2) is 9.97 Å². The molecule has 14 aromatic carbocycles. The van der Waals surface area contributed by atoms with Crippen LogP contribution in [0.2, 0.25) is 5.02 Å². The van der Waals surface area contributed by atoms with Gasteiger partial charge in [0, 0.05) is 87.0 Å². The summed E-state index contributed by atoms with van der Waals surface area (Å²) in [6.07, 6.45) is 0. The molecule has 8 aromatic heterocycles. The van der Waals surface area contributed by atoms with Crippen molar-refractivity contribution in [1.82, 2.24) is 28.7 Å². The van der Waals surface area contributed by atoms with Crippen molar-refractivity contribution in [2.24, 2.45) is 0 Å². The Morgan fingerprint density at radius 3 is 1.15 bits per heavy atom. The van der Waals surface area contributed by atoms with Gasteiger partial charge in [-0.2, -0.15) is 0 Å². The van der Waals surface area contributed by atoms with E-state index in [0.29, 0.717) is 10.6 Å². The summed E-state index contributed by atoms with van der Waals surface area (Å²) in [5.74, 6) is 0. The zero-order chi connectivity index (χ0) is 65.2. The van der Waals surface area contributed by atoms with Gasteiger partial charge in [-0.1, -0.05) is 206 Å². The second-order valence-corrected chi connectivity index (χ2v) is 25.7. The molecule has 0 spiro atoms. The number of aromatic amines is 1. The van der Waals surface area contributed by atoms with E-state index in [1.54, 1.807) is 0 Å². The van der Waals surface area contributed by atoms with Crippen molar-refractivity contribution in [2.45, 2.75) is 0 Å². The third kappa shape index (κ3) is 9.00. The van der Waals surface area contributed by atoms with Gasteiger partial charge < -0.3 is 27.5 Å². The van der Waals surface area contributed by atoms with Crippen molar-refractivity contribution >= 4 is 165 Å². The molecule has 0 fully saturated rings. The summed E-state index contributed by atoms with van der Waals surface area (Å²) in [7, 11) is 0. The number of pyridine rings is 2. The third-order valence-electron chi connectivity index (χ3n) is 19.8. The Bertz CT molecular complexity index is 7010. The molecule has 0 saturated carbocycles. The number of furan rings is 2. The van der Waals surface area contributed by atoms with Crippen molar-refractivity contribution in [2.75, 3.05) is 0 Å². The Morgan fingerprint density at radius 2 is 0.616 bits per heavy atom. The van der Waals surface area contributed by atoms with E-state index in [2.05, 4.69) is 285 Å². The molecule has 464 valence electrons. The van der Waals surface area contributed by atoms with E-state index in [1.807, 2.05) is 66.7 Å². The van der Waals surface area contributed by atoms with Crippen LogP contribution < -0.4 is 0 Å². The van der Waals surface area contributed by atoms with E-state index >= 15 is 0 Å². The van der Waals surface area contributed by atoms with Gasteiger partial charge in [0.15, 0.2) is 11.2 Å². The topological polar surface area (TPSA) is 82.6 Å². The van der Waals surface area contributed by atoms with Crippen LogP contribution in [0, 0.1) is 0 Å². The minimum Gasteiger partial charge on any atom is -0.453 e. The predicted molar refractivity (Wildman–Crippen MR) is 413 cm³/mol. The molecule has 0 saturated heterocycles. The summed E-state index contributed by atoms with van der Waals surface area (Å²) < 4.78 is 19.5. The standard InChI is InChI=1S/C45H27N3O.C30H20N2.C15H8ClNO/c1-2-12-30(13-3-1)47-38-19-9-5-14-31(38)35-26-28(22-24-40(35)47)29-23-25-41-36(27-29)32-15-6-10-20-39(32)48(41)44-33-16-4-8-18-37(33)46-43-34-17-7-11-21-42(34)49-45(43)44;1-2-8-22(9-3-1)32-29-13-7-5-11-24(29)26-19-21(15-17-30(26)32)20-14-16-28-25(18-20)23-10-4-6-12-27(23)31-28;16-13-9-5-1-3-7-11(9)17-14-10-6-2-4-8-12(10)18-15(13)14/h1-27H;1-19,31H;1-8H. The normalized spacial score (nSPS) is 11.9. The van der Waals surface area contributed by atoms with Crippen molar-refractivity contribution in [3.8, 4) is 39.3 Å². The molecule has 1 N–H and O–H groups in total. The summed E-state index contributed by atoms with van der Waals surface area (Å²) in [5.41, 5.74) is 24.4. The maximum atomic E-state index is 6.63. The molecule has 0 radical (unpaired) electrons. The number of aromatic nitrogens is 6. The van der Waals surface area contributed by atoms with E-state index in [1.165, 1.54) is 104 Å². The fraction of sp³-hybridized carbons (Fsp3) is 0. The van der Waals surface area contributed by atoms with Crippen LogP contribution in [0.3, 0.4) is 0 Å². The first-order chi connectivity index (χ1) is 49.0. The van der Waals surface area contributed by atoms with Crippen LogP contribution in [-0.4, -0.2) is 28.7 Å². The van der Waals surface area contributed by atoms with Gasteiger partial charge in [0.05, 0.1) is 49.2 Å². The average Bonchev–Trinajstić information content (AvgIpc) is 1.57. The quantitative estimate of drug-likeness (QED) is 0.186. The van der Waals surface area contributed by atoms with E-state index in [-0.39, 0.29) is 0 Å². The average molecular weight is 1290 g/mol. The second-order valence-electron chi connectivity index (χ2n) is 25.3. The van der Waals surface area contributed by atoms with Crippen LogP contribution in [0.15, 0.2) is 336 Å². The van der Waals surface area contributed by atoms with Crippen molar-refractivity contribution in [3.63, 3.8) is 0 Å². The van der Waals surface area contributed by atoms with Crippen LogP contribution in [0.25, 0.3) is 192 Å². The number of nitrogens with zero attached hydrogens (tertiary/aromatic N) is 5. The van der Waals surface area contributed by atoms with E-state index in [9.17, 15) is 0 Å². The van der Waals surface area contributed by atoms with Gasteiger partial charge in [0.25, 0.3) is 0 Å². The summed E-state index contributed by atoms with van der Waals surface area (Å²) in [6.45, 7) is 0. The minimum atomic E-state index is 0.631. The van der Waals surface area contributed by atoms with Crippen LogP contribution in [0.1, 0.15) is 0 Å². The van der Waals surface area contributed by atoms with Crippen LogP contribution in [0.4, 0.5) is 0 Å². The lowest BCUT2D eigenvalue weighted by molar-refractivity contribution is 0.666. The molecule has 0 aliphatic rings. The summed E-state index contributed by atoms with van der Waals surface area (Å²) in [5, 5.41) is 14.6. The van der Waals surface area contributed by atoms with Crippen LogP contribution >= 0.6 is 11.6 Å². The molecule has 0 bridgehead atoms. The molecule has 0 aliphatic carbocycles. The highest BCUT2D eigenvalue weighted by atomic mass is 35.5. The Balaban J connectivity index is 0.000000113. The lowest BCUT2D eigenvalue weighted by atomic mass is 10.0. The molecular formula is C90H55ClN6O2. The molecule has 22 aromatic rings. The highest BCUT2D eigenvalue weighted by Crippen LogP contribution is 2.44. The molecule has 0 atom stereocenters. The van der Waals surface area contributed by atoms with Gasteiger partial charge in [-0.05, 0) is 156 Å². The second kappa shape index (κ2) is 22.6.